The van der Waals surface area contributed by atoms with Crippen molar-refractivity contribution in [2.24, 2.45) is 0 Å². The van der Waals surface area contributed by atoms with Crippen LogP contribution in [0.5, 0.6) is 5.75 Å². The third-order valence-corrected chi connectivity index (χ3v) is 6.33. The number of halogens is 1. The van der Waals surface area contributed by atoms with Crippen molar-refractivity contribution in [2.45, 2.75) is 38.4 Å². The third kappa shape index (κ3) is 4.32. The summed E-state index contributed by atoms with van der Waals surface area (Å²) in [6.45, 7) is 4.16. The number of carbonyl (C=O) groups excluding carboxylic acids is 2. The summed E-state index contributed by atoms with van der Waals surface area (Å²) in [7, 11) is 0. The van der Waals surface area contributed by atoms with Gasteiger partial charge in [-0.2, -0.15) is 0 Å². The summed E-state index contributed by atoms with van der Waals surface area (Å²) in [4.78, 5) is 27.6. The number of amides is 1. The van der Waals surface area contributed by atoms with Gasteiger partial charge in [0.1, 0.15) is 18.9 Å². The SMILES string of the molecule is CCOC(=O)CN1C(=O)C2(CC(C)=CCC(COc3ccccc3)O2)c2c(Br)cccc21. The molecule has 0 N–H and O–H groups in total. The topological polar surface area (TPSA) is 65.1 Å². The van der Waals surface area contributed by atoms with Crippen LogP contribution in [-0.4, -0.2) is 37.7 Å². The van der Waals surface area contributed by atoms with Crippen LogP contribution in [0.3, 0.4) is 0 Å². The van der Waals surface area contributed by atoms with Crippen LogP contribution in [0.2, 0.25) is 0 Å². The number of nitrogens with zero attached hydrogens (tertiary/aromatic N) is 1. The van der Waals surface area contributed by atoms with Crippen LogP contribution in [0.1, 0.15) is 32.3 Å². The van der Waals surface area contributed by atoms with Gasteiger partial charge in [-0.15, -0.1) is 0 Å². The highest BCUT2D eigenvalue weighted by molar-refractivity contribution is 9.10. The van der Waals surface area contributed by atoms with Gasteiger partial charge in [0.2, 0.25) is 0 Å². The van der Waals surface area contributed by atoms with Gasteiger partial charge in [0, 0.05) is 16.5 Å². The summed E-state index contributed by atoms with van der Waals surface area (Å²) in [5.41, 5.74) is 1.23. The van der Waals surface area contributed by atoms with Crippen LogP contribution < -0.4 is 9.64 Å². The molecule has 2 aliphatic rings. The minimum atomic E-state index is -1.23. The lowest BCUT2D eigenvalue weighted by Gasteiger charge is -2.32. The Labute approximate surface area is 196 Å². The van der Waals surface area contributed by atoms with E-state index in [1.807, 2.05) is 55.5 Å². The second kappa shape index (κ2) is 9.46. The molecular formula is C25H26BrNO5. The highest BCUT2D eigenvalue weighted by Gasteiger charge is 2.55. The molecule has 0 aliphatic carbocycles. The Balaban J connectivity index is 1.68. The van der Waals surface area contributed by atoms with Gasteiger partial charge in [-0.25, -0.2) is 0 Å². The number of para-hydroxylation sites is 1. The van der Waals surface area contributed by atoms with Gasteiger partial charge in [-0.05, 0) is 44.5 Å². The normalized spacial score (nSPS) is 22.3. The molecule has 1 amide bonds. The Bertz CT molecular complexity index is 1040. The first-order chi connectivity index (χ1) is 15.4. The van der Waals surface area contributed by atoms with E-state index < -0.39 is 11.6 Å². The number of rotatable bonds is 6. The minimum absolute atomic E-state index is 0.158. The number of carbonyl (C=O) groups is 2. The van der Waals surface area contributed by atoms with E-state index in [1.54, 1.807) is 6.92 Å². The first-order valence-corrected chi connectivity index (χ1v) is 11.5. The summed E-state index contributed by atoms with van der Waals surface area (Å²) in [6, 6.07) is 15.1. The summed E-state index contributed by atoms with van der Waals surface area (Å²) in [5, 5.41) is 0. The van der Waals surface area contributed by atoms with Crippen LogP contribution in [0, 0.1) is 0 Å². The summed E-state index contributed by atoms with van der Waals surface area (Å²) in [6.07, 6.45) is 2.80. The van der Waals surface area contributed by atoms with Gasteiger partial charge >= 0.3 is 5.97 Å². The van der Waals surface area contributed by atoms with Crippen LogP contribution >= 0.6 is 15.9 Å². The van der Waals surface area contributed by atoms with Crippen molar-refractivity contribution in [3.63, 3.8) is 0 Å². The molecule has 32 heavy (non-hydrogen) atoms. The molecule has 7 heteroatoms. The zero-order chi connectivity index (χ0) is 22.7. The molecule has 2 unspecified atom stereocenters. The van der Waals surface area contributed by atoms with Gasteiger partial charge < -0.3 is 14.2 Å². The lowest BCUT2D eigenvalue weighted by molar-refractivity contribution is -0.156. The van der Waals surface area contributed by atoms with E-state index in [9.17, 15) is 9.59 Å². The highest BCUT2D eigenvalue weighted by atomic mass is 79.9. The number of anilines is 1. The van der Waals surface area contributed by atoms with Crippen LogP contribution in [0.25, 0.3) is 0 Å². The van der Waals surface area contributed by atoms with Crippen molar-refractivity contribution in [3.05, 3.63) is 70.2 Å². The summed E-state index contributed by atoms with van der Waals surface area (Å²) in [5.74, 6) is 0.0406. The third-order valence-electron chi connectivity index (χ3n) is 5.67. The molecule has 2 atom stereocenters. The van der Waals surface area contributed by atoms with Crippen molar-refractivity contribution >= 4 is 33.5 Å². The second-order valence-electron chi connectivity index (χ2n) is 7.98. The van der Waals surface area contributed by atoms with E-state index in [0.717, 1.165) is 21.4 Å². The molecule has 0 aromatic heterocycles. The van der Waals surface area contributed by atoms with E-state index >= 15 is 0 Å². The Hall–Kier alpha value is -2.64. The van der Waals surface area contributed by atoms with Crippen molar-refractivity contribution < 1.29 is 23.8 Å². The molecule has 168 valence electrons. The van der Waals surface area contributed by atoms with Crippen LogP contribution in [0.15, 0.2) is 64.7 Å². The number of hydrogen-bond acceptors (Lipinski definition) is 5. The van der Waals surface area contributed by atoms with Gasteiger partial charge in [-0.1, -0.05) is 51.8 Å². The average Bonchev–Trinajstić information content (AvgIpc) is 2.89. The van der Waals surface area contributed by atoms with Gasteiger partial charge in [0.15, 0.2) is 5.60 Å². The number of ether oxygens (including phenoxy) is 3. The monoisotopic (exact) mass is 499 g/mol. The lowest BCUT2D eigenvalue weighted by Crippen LogP contribution is -2.46. The molecular weight excluding hydrogens is 474 g/mol. The number of benzene rings is 2. The molecule has 0 radical (unpaired) electrons. The molecule has 0 fully saturated rings. The first kappa shape index (κ1) is 22.6. The lowest BCUT2D eigenvalue weighted by atomic mass is 9.88. The van der Waals surface area contributed by atoms with Gasteiger partial charge in [0.05, 0.1) is 18.4 Å². The fraction of sp³-hybridized carbons (Fsp3) is 0.360. The van der Waals surface area contributed by atoms with Gasteiger partial charge in [0.25, 0.3) is 5.91 Å². The molecule has 6 nitrogen and oxygen atoms in total. The maximum absolute atomic E-state index is 13.9. The maximum Gasteiger partial charge on any atom is 0.326 e. The predicted molar refractivity (Wildman–Crippen MR) is 125 cm³/mol. The number of hydrogen-bond donors (Lipinski definition) is 0. The molecule has 2 aliphatic heterocycles. The van der Waals surface area contributed by atoms with E-state index in [2.05, 4.69) is 22.0 Å². The Morgan fingerprint density at radius 1 is 1.22 bits per heavy atom. The number of esters is 1. The Morgan fingerprint density at radius 2 is 2.00 bits per heavy atom. The maximum atomic E-state index is 13.9. The molecule has 2 aromatic rings. The Kier molecular flexibility index (Phi) is 6.67. The molecule has 0 saturated carbocycles. The van der Waals surface area contributed by atoms with Gasteiger partial charge in [-0.3, -0.25) is 14.5 Å². The summed E-state index contributed by atoms with van der Waals surface area (Å²) >= 11 is 3.63. The zero-order valence-corrected chi connectivity index (χ0v) is 19.8. The average molecular weight is 500 g/mol. The van der Waals surface area contributed by atoms with Crippen LogP contribution in [-0.2, 0) is 24.7 Å². The van der Waals surface area contributed by atoms with Crippen molar-refractivity contribution in [2.75, 3.05) is 24.7 Å². The van der Waals surface area contributed by atoms with E-state index in [-0.39, 0.29) is 25.2 Å². The van der Waals surface area contributed by atoms with E-state index in [4.69, 9.17) is 14.2 Å². The quantitative estimate of drug-likeness (QED) is 0.423. The standard InChI is InChI=1S/C25H26BrNO5/c1-3-30-22(28)15-27-21-11-7-10-20(26)23(21)25(24(27)29)14-17(2)12-13-19(32-25)16-31-18-8-5-4-6-9-18/h4-12,19H,3,13-16H2,1-2H3. The highest BCUT2D eigenvalue weighted by Crippen LogP contribution is 2.51. The number of fused-ring (bicyclic) bond motifs is 2. The molecule has 0 saturated heterocycles. The second-order valence-corrected chi connectivity index (χ2v) is 8.84. The molecule has 1 spiro atoms. The van der Waals surface area contributed by atoms with Crippen LogP contribution in [0.4, 0.5) is 5.69 Å². The zero-order valence-electron chi connectivity index (χ0n) is 18.2. The fourth-order valence-electron chi connectivity index (χ4n) is 4.32. The summed E-state index contributed by atoms with van der Waals surface area (Å²) < 4.78 is 18.4. The smallest absolute Gasteiger partial charge is 0.326 e. The largest absolute Gasteiger partial charge is 0.491 e. The molecule has 4 rings (SSSR count). The van der Waals surface area contributed by atoms with E-state index in [0.29, 0.717) is 25.1 Å². The van der Waals surface area contributed by atoms with E-state index in [1.165, 1.54) is 4.90 Å². The van der Waals surface area contributed by atoms with Crippen molar-refractivity contribution in [1.82, 2.24) is 0 Å². The molecule has 2 aromatic carbocycles. The van der Waals surface area contributed by atoms with Crippen molar-refractivity contribution in [3.8, 4) is 5.75 Å². The first-order valence-electron chi connectivity index (χ1n) is 10.7. The predicted octanol–water partition coefficient (Wildman–Crippen LogP) is 4.76. The minimum Gasteiger partial charge on any atom is -0.491 e. The molecule has 0 bridgehead atoms. The fourth-order valence-corrected chi connectivity index (χ4v) is 4.99. The molecule has 2 heterocycles. The van der Waals surface area contributed by atoms with Crippen molar-refractivity contribution in [1.29, 1.82) is 0 Å². The Morgan fingerprint density at radius 3 is 2.75 bits per heavy atom.